The molecule has 1 aromatic carbocycles. The van der Waals surface area contributed by atoms with Crippen molar-refractivity contribution in [3.05, 3.63) is 41.6 Å². The normalized spacial score (nSPS) is 11.3. The molecule has 0 bridgehead atoms. The Labute approximate surface area is 113 Å². The van der Waals surface area contributed by atoms with Crippen molar-refractivity contribution in [2.75, 3.05) is 10.5 Å². The second-order valence-corrected chi connectivity index (χ2v) is 5.52. The van der Waals surface area contributed by atoms with Gasteiger partial charge in [0, 0.05) is 6.07 Å². The maximum Gasteiger partial charge on any atom is 0.265 e. The molecule has 0 saturated heterocycles. The van der Waals surface area contributed by atoms with Crippen LogP contribution in [-0.4, -0.2) is 18.4 Å². The fraction of sp³-hybridized carbons (Fsp3) is 0. The zero-order valence-electron chi connectivity index (χ0n) is 9.34. The average molecular weight is 303 g/mol. The molecule has 0 radical (unpaired) electrons. The number of para-hydroxylation sites is 1. The Morgan fingerprint density at radius 1 is 1.32 bits per heavy atom. The molecule has 0 unspecified atom stereocenters. The first-order valence-corrected chi connectivity index (χ1v) is 6.80. The van der Waals surface area contributed by atoms with Gasteiger partial charge in [0.2, 0.25) is 0 Å². The van der Waals surface area contributed by atoms with Crippen LogP contribution in [0.1, 0.15) is 0 Å². The van der Waals surface area contributed by atoms with Gasteiger partial charge >= 0.3 is 0 Å². The van der Waals surface area contributed by atoms with Crippen LogP contribution in [0.15, 0.2) is 35.5 Å². The van der Waals surface area contributed by atoms with Gasteiger partial charge in [0.1, 0.15) is 28.0 Å². The number of nitrogens with zero attached hydrogens (tertiary/aromatic N) is 2. The first kappa shape index (κ1) is 13.5. The van der Waals surface area contributed by atoms with Crippen LogP contribution in [-0.2, 0) is 10.0 Å². The SMILES string of the molecule is Nc1c(F)cccc1S(=O)(=O)Nc1cc(Cl)ncn1. The molecule has 0 aliphatic heterocycles. The van der Waals surface area contributed by atoms with Crippen molar-refractivity contribution in [2.24, 2.45) is 0 Å². The number of benzene rings is 1. The quantitative estimate of drug-likeness (QED) is 0.663. The minimum absolute atomic E-state index is 0.0383. The summed E-state index contributed by atoms with van der Waals surface area (Å²) in [4.78, 5) is 6.92. The molecule has 9 heteroatoms. The third-order valence-electron chi connectivity index (χ3n) is 2.18. The molecule has 6 nitrogen and oxygen atoms in total. The Kier molecular flexibility index (Phi) is 3.54. The number of hydrogen-bond donors (Lipinski definition) is 2. The van der Waals surface area contributed by atoms with Crippen molar-refractivity contribution in [2.45, 2.75) is 4.90 Å². The van der Waals surface area contributed by atoms with Crippen molar-refractivity contribution >= 4 is 33.1 Å². The Morgan fingerprint density at radius 2 is 2.05 bits per heavy atom. The summed E-state index contributed by atoms with van der Waals surface area (Å²) >= 11 is 5.61. The lowest BCUT2D eigenvalue weighted by molar-refractivity contribution is 0.597. The molecule has 2 aromatic rings. The maximum atomic E-state index is 13.2. The second-order valence-electron chi connectivity index (χ2n) is 3.48. The Bertz CT molecular complexity index is 723. The van der Waals surface area contributed by atoms with Crippen LogP contribution in [0.2, 0.25) is 5.15 Å². The number of nitrogens with two attached hydrogens (primary N) is 1. The third-order valence-corrected chi connectivity index (χ3v) is 3.79. The lowest BCUT2D eigenvalue weighted by atomic mass is 10.3. The molecule has 0 amide bonds. The van der Waals surface area contributed by atoms with Gasteiger partial charge in [-0.25, -0.2) is 22.8 Å². The summed E-state index contributed by atoms with van der Waals surface area (Å²) in [6.07, 6.45) is 1.09. The molecule has 1 aromatic heterocycles. The second kappa shape index (κ2) is 4.98. The topological polar surface area (TPSA) is 98.0 Å². The summed E-state index contributed by atoms with van der Waals surface area (Å²) < 4.78 is 39.4. The van der Waals surface area contributed by atoms with Gasteiger partial charge in [-0.1, -0.05) is 17.7 Å². The third kappa shape index (κ3) is 2.91. The summed E-state index contributed by atoms with van der Waals surface area (Å²) in [6, 6.07) is 4.71. The molecule has 19 heavy (non-hydrogen) atoms. The highest BCUT2D eigenvalue weighted by Crippen LogP contribution is 2.23. The van der Waals surface area contributed by atoms with E-state index in [0.29, 0.717) is 0 Å². The minimum Gasteiger partial charge on any atom is -0.395 e. The number of nitrogen functional groups attached to an aromatic ring is 1. The van der Waals surface area contributed by atoms with E-state index in [0.717, 1.165) is 12.4 Å². The highest BCUT2D eigenvalue weighted by atomic mass is 35.5. The lowest BCUT2D eigenvalue weighted by Crippen LogP contribution is -2.16. The number of sulfonamides is 1. The van der Waals surface area contributed by atoms with Crippen LogP contribution in [0.25, 0.3) is 0 Å². The van der Waals surface area contributed by atoms with Crippen LogP contribution >= 0.6 is 11.6 Å². The Balaban J connectivity index is 2.41. The first-order chi connectivity index (χ1) is 8.90. The molecule has 0 aliphatic carbocycles. The summed E-state index contributed by atoms with van der Waals surface area (Å²) in [5.74, 6) is -0.854. The van der Waals surface area contributed by atoms with E-state index < -0.39 is 21.5 Å². The van der Waals surface area contributed by atoms with Crippen LogP contribution in [0.5, 0.6) is 0 Å². The van der Waals surface area contributed by atoms with E-state index in [1.165, 1.54) is 18.2 Å². The summed E-state index contributed by atoms with van der Waals surface area (Å²) in [5, 5.41) is 0.0694. The Hall–Kier alpha value is -1.93. The van der Waals surface area contributed by atoms with Crippen molar-refractivity contribution in [1.82, 2.24) is 9.97 Å². The van der Waals surface area contributed by atoms with Crippen LogP contribution in [0.3, 0.4) is 0 Å². The van der Waals surface area contributed by atoms with E-state index in [1.54, 1.807) is 0 Å². The van der Waals surface area contributed by atoms with Gasteiger partial charge in [0.25, 0.3) is 10.0 Å². The van der Waals surface area contributed by atoms with Crippen molar-refractivity contribution < 1.29 is 12.8 Å². The van der Waals surface area contributed by atoms with Crippen LogP contribution in [0.4, 0.5) is 15.9 Å². The lowest BCUT2D eigenvalue weighted by Gasteiger charge is -2.09. The number of halogens is 2. The summed E-state index contributed by atoms with van der Waals surface area (Å²) in [6.45, 7) is 0. The van der Waals surface area contributed by atoms with Gasteiger partial charge in [-0.2, -0.15) is 0 Å². The zero-order valence-corrected chi connectivity index (χ0v) is 10.9. The van der Waals surface area contributed by atoms with Gasteiger partial charge < -0.3 is 5.73 Å². The molecular weight excluding hydrogens is 295 g/mol. The highest BCUT2D eigenvalue weighted by molar-refractivity contribution is 7.92. The molecule has 0 aliphatic rings. The predicted molar refractivity (Wildman–Crippen MR) is 68.7 cm³/mol. The molecule has 0 spiro atoms. The van der Waals surface area contributed by atoms with Gasteiger partial charge in [0.05, 0.1) is 5.69 Å². The fourth-order valence-corrected chi connectivity index (χ4v) is 2.62. The summed E-state index contributed by atoms with van der Waals surface area (Å²) in [5.41, 5.74) is 4.94. The van der Waals surface area contributed by atoms with E-state index in [4.69, 9.17) is 17.3 Å². The fourth-order valence-electron chi connectivity index (χ4n) is 1.33. The van der Waals surface area contributed by atoms with Crippen molar-refractivity contribution in [1.29, 1.82) is 0 Å². The minimum atomic E-state index is -4.05. The van der Waals surface area contributed by atoms with Crippen molar-refractivity contribution in [3.63, 3.8) is 0 Å². The van der Waals surface area contributed by atoms with Gasteiger partial charge in [-0.3, -0.25) is 4.72 Å². The Morgan fingerprint density at radius 3 is 2.74 bits per heavy atom. The highest BCUT2D eigenvalue weighted by Gasteiger charge is 2.20. The maximum absolute atomic E-state index is 13.2. The van der Waals surface area contributed by atoms with Crippen LogP contribution in [0, 0.1) is 5.82 Å². The first-order valence-electron chi connectivity index (χ1n) is 4.94. The zero-order chi connectivity index (χ0) is 14.0. The van der Waals surface area contributed by atoms with Crippen LogP contribution < -0.4 is 10.5 Å². The van der Waals surface area contributed by atoms with E-state index in [9.17, 15) is 12.8 Å². The molecule has 3 N–H and O–H groups in total. The molecule has 0 atom stereocenters. The molecule has 100 valence electrons. The van der Waals surface area contributed by atoms with E-state index >= 15 is 0 Å². The smallest absolute Gasteiger partial charge is 0.265 e. The number of rotatable bonds is 3. The number of nitrogens with one attached hydrogen (secondary N) is 1. The van der Waals surface area contributed by atoms with Gasteiger partial charge in [0.15, 0.2) is 0 Å². The predicted octanol–water partition coefficient (Wildman–Crippen LogP) is 1.65. The summed E-state index contributed by atoms with van der Waals surface area (Å²) in [7, 11) is -4.05. The van der Waals surface area contributed by atoms with E-state index in [1.807, 2.05) is 0 Å². The number of anilines is 2. The molecule has 0 fully saturated rings. The average Bonchev–Trinajstić information content (AvgIpc) is 2.32. The molecule has 0 saturated carbocycles. The molecule has 1 heterocycles. The van der Waals surface area contributed by atoms with E-state index in [-0.39, 0.29) is 15.9 Å². The number of aromatic nitrogens is 2. The van der Waals surface area contributed by atoms with Gasteiger partial charge in [-0.15, -0.1) is 0 Å². The monoisotopic (exact) mass is 302 g/mol. The largest absolute Gasteiger partial charge is 0.395 e. The number of hydrogen-bond acceptors (Lipinski definition) is 5. The van der Waals surface area contributed by atoms with Crippen molar-refractivity contribution in [3.8, 4) is 0 Å². The molecule has 2 rings (SSSR count). The standard InChI is InChI=1S/C10H8ClFN4O2S/c11-8-4-9(15-5-14-8)16-19(17,18)7-3-1-2-6(12)10(7)13/h1-5H,13H2,(H,14,15,16). The molecular formula is C10H8ClFN4O2S. The van der Waals surface area contributed by atoms with E-state index in [2.05, 4.69) is 14.7 Å². The van der Waals surface area contributed by atoms with Gasteiger partial charge in [-0.05, 0) is 12.1 Å².